The molecule has 0 aliphatic heterocycles. The van der Waals surface area contributed by atoms with Crippen molar-refractivity contribution < 1.29 is 0 Å². The Labute approximate surface area is 407 Å². The summed E-state index contributed by atoms with van der Waals surface area (Å²) in [6.45, 7) is 16.2. The van der Waals surface area contributed by atoms with Crippen LogP contribution in [0.4, 0.5) is 0 Å². The zero-order valence-corrected chi connectivity index (χ0v) is 43.2. The van der Waals surface area contributed by atoms with E-state index in [1.165, 1.54) is 159 Å². The van der Waals surface area contributed by atoms with E-state index < -0.39 is 0 Å². The molecule has 65 heavy (non-hydrogen) atoms. The van der Waals surface area contributed by atoms with Gasteiger partial charge in [-0.25, -0.2) is 0 Å². The molecule has 0 aliphatic carbocycles. The van der Waals surface area contributed by atoms with Crippen LogP contribution in [0, 0.1) is 0 Å². The van der Waals surface area contributed by atoms with Crippen molar-refractivity contribution in [1.29, 1.82) is 0 Å². The van der Waals surface area contributed by atoms with E-state index in [9.17, 15) is 0 Å². The van der Waals surface area contributed by atoms with Gasteiger partial charge in [0, 0.05) is 61.3 Å². The molecule has 0 aliphatic rings. The lowest BCUT2D eigenvalue weighted by Gasteiger charge is -2.17. The molecule has 8 rings (SSSR count). The quantitative estimate of drug-likeness (QED) is 0.0630. The highest BCUT2D eigenvalue weighted by Gasteiger charge is 2.19. The van der Waals surface area contributed by atoms with Gasteiger partial charge in [0.05, 0.1) is 0 Å². The van der Waals surface area contributed by atoms with E-state index in [1.54, 1.807) is 11.1 Å². The minimum absolute atomic E-state index is 0.577. The van der Waals surface area contributed by atoms with Gasteiger partial charge in [0.15, 0.2) is 0 Å². The second kappa shape index (κ2) is 22.4. The minimum atomic E-state index is 0.577. The minimum Gasteiger partial charge on any atom is -0.140 e. The summed E-state index contributed by atoms with van der Waals surface area (Å²) in [6, 6.07) is 47.8. The summed E-state index contributed by atoms with van der Waals surface area (Å²) < 4.78 is 0. The first-order valence-electron chi connectivity index (χ1n) is 24.8. The van der Waals surface area contributed by atoms with Gasteiger partial charge in [-0.05, 0) is 169 Å². The standard InChI is InChI=1S/C61H68S4/c1-8-14-16-19-44-22-24-46(38-43(44)12-5)55-32-36-61(64-55)54-40-48(26-29-51(54)58-30-27-49(13-6)62-58)57-31-34-59(63-57)50-28-21-42(11-4)37-53(50)60-35-33-56(65-60)47-25-23-45(20-17-15-9-2)52(39-47)41(7)18-10-3/h21-41H,8-20H2,1-7H3. The van der Waals surface area contributed by atoms with Crippen LogP contribution in [0.3, 0.4) is 0 Å². The van der Waals surface area contributed by atoms with E-state index in [4.69, 9.17) is 0 Å². The highest BCUT2D eigenvalue weighted by Crippen LogP contribution is 2.47. The lowest BCUT2D eigenvalue weighted by atomic mass is 9.88. The van der Waals surface area contributed by atoms with Gasteiger partial charge in [0.2, 0.25) is 0 Å². The Morgan fingerprint density at radius 3 is 1.46 bits per heavy atom. The Bertz CT molecular complexity index is 2800. The van der Waals surface area contributed by atoms with E-state index in [2.05, 4.69) is 170 Å². The number of hydrogen-bond acceptors (Lipinski definition) is 4. The molecule has 0 spiro atoms. The molecule has 4 heteroatoms. The molecule has 4 aromatic carbocycles. The zero-order chi connectivity index (χ0) is 45.3. The molecule has 0 N–H and O–H groups in total. The molecule has 0 nitrogen and oxygen atoms in total. The summed E-state index contributed by atoms with van der Waals surface area (Å²) in [7, 11) is 0. The van der Waals surface area contributed by atoms with Gasteiger partial charge in [-0.3, -0.25) is 0 Å². The summed E-state index contributed by atoms with van der Waals surface area (Å²) >= 11 is 7.74. The molecule has 0 radical (unpaired) electrons. The number of benzene rings is 4. The fourth-order valence-electron chi connectivity index (χ4n) is 9.48. The predicted octanol–water partition coefficient (Wildman–Crippen LogP) is 20.7. The van der Waals surface area contributed by atoms with E-state index >= 15 is 0 Å². The van der Waals surface area contributed by atoms with Crippen LogP contribution in [-0.2, 0) is 32.1 Å². The highest BCUT2D eigenvalue weighted by atomic mass is 32.1. The number of thiophene rings is 4. The number of unbranched alkanes of at least 4 members (excludes halogenated alkanes) is 4. The maximum atomic E-state index is 2.53. The lowest BCUT2D eigenvalue weighted by Crippen LogP contribution is -2.00. The molecule has 0 saturated carbocycles. The Balaban J connectivity index is 1.12. The second-order valence-electron chi connectivity index (χ2n) is 18.0. The lowest BCUT2D eigenvalue weighted by molar-refractivity contribution is 0.648. The maximum Gasteiger partial charge on any atom is 0.0356 e. The Hall–Kier alpha value is -4.32. The van der Waals surface area contributed by atoms with Crippen LogP contribution >= 0.6 is 45.3 Å². The van der Waals surface area contributed by atoms with Crippen LogP contribution in [0.15, 0.2) is 121 Å². The largest absolute Gasteiger partial charge is 0.140 e. The predicted molar refractivity (Wildman–Crippen MR) is 294 cm³/mol. The number of hydrogen-bond donors (Lipinski definition) is 0. The summed E-state index contributed by atoms with van der Waals surface area (Å²) in [6.07, 6.45) is 15.7. The number of rotatable bonds is 21. The second-order valence-corrected chi connectivity index (χ2v) is 22.4. The molecule has 8 aromatic rings. The summed E-state index contributed by atoms with van der Waals surface area (Å²) in [5.74, 6) is 0.577. The fourth-order valence-corrected chi connectivity index (χ4v) is 13.6. The summed E-state index contributed by atoms with van der Waals surface area (Å²) in [4.78, 5) is 10.8. The topological polar surface area (TPSA) is 0 Å². The van der Waals surface area contributed by atoms with Gasteiger partial charge >= 0.3 is 0 Å². The van der Waals surface area contributed by atoms with Gasteiger partial charge < -0.3 is 0 Å². The van der Waals surface area contributed by atoms with Crippen molar-refractivity contribution in [2.24, 2.45) is 0 Å². The Morgan fingerprint density at radius 1 is 0.369 bits per heavy atom. The zero-order valence-electron chi connectivity index (χ0n) is 39.9. The first-order chi connectivity index (χ1) is 31.8. The van der Waals surface area contributed by atoms with Crippen molar-refractivity contribution in [3.05, 3.63) is 154 Å². The monoisotopic (exact) mass is 928 g/mol. The van der Waals surface area contributed by atoms with Gasteiger partial charge in [-0.1, -0.05) is 135 Å². The van der Waals surface area contributed by atoms with Crippen molar-refractivity contribution in [2.75, 3.05) is 0 Å². The molecule has 1 atom stereocenters. The van der Waals surface area contributed by atoms with Gasteiger partial charge in [-0.15, -0.1) is 45.3 Å². The normalized spacial score (nSPS) is 12.0. The molecular weight excluding hydrogens is 861 g/mol. The molecule has 4 heterocycles. The van der Waals surface area contributed by atoms with Gasteiger partial charge in [-0.2, -0.15) is 0 Å². The van der Waals surface area contributed by atoms with E-state index in [0.29, 0.717) is 5.92 Å². The molecule has 336 valence electrons. The van der Waals surface area contributed by atoms with Gasteiger partial charge in [0.25, 0.3) is 0 Å². The van der Waals surface area contributed by atoms with Crippen molar-refractivity contribution >= 4 is 45.3 Å². The fraction of sp³-hybridized carbons (Fsp3) is 0.344. The average Bonchev–Trinajstić information content (AvgIpc) is 4.20. The Morgan fingerprint density at radius 2 is 0.877 bits per heavy atom. The molecule has 0 bridgehead atoms. The van der Waals surface area contributed by atoms with E-state index in [1.807, 2.05) is 45.3 Å². The third-order valence-electron chi connectivity index (χ3n) is 13.3. The summed E-state index contributed by atoms with van der Waals surface area (Å²) in [5, 5.41) is 0. The molecule has 0 fully saturated rings. The van der Waals surface area contributed by atoms with E-state index in [0.717, 1.165) is 19.3 Å². The van der Waals surface area contributed by atoms with Crippen molar-refractivity contribution in [3.8, 4) is 73.1 Å². The molecule has 1 unspecified atom stereocenters. The molecule has 0 saturated heterocycles. The van der Waals surface area contributed by atoms with Crippen LogP contribution in [0.5, 0.6) is 0 Å². The molecule has 4 aromatic heterocycles. The van der Waals surface area contributed by atoms with Crippen molar-refractivity contribution in [1.82, 2.24) is 0 Å². The highest BCUT2D eigenvalue weighted by molar-refractivity contribution is 7.20. The van der Waals surface area contributed by atoms with Crippen molar-refractivity contribution in [3.63, 3.8) is 0 Å². The SMILES string of the molecule is CCCCCc1ccc(-c2ccc(-c3cc(-c4ccc(-c5ccc(CC)cc5-c5ccc(-c6ccc(CCCCC)c(C(C)CCC)c6)s5)s4)ccc3-c3ccc(CC)s3)s2)cc1CC. The van der Waals surface area contributed by atoms with Crippen LogP contribution in [0.1, 0.15) is 138 Å². The Kier molecular flexibility index (Phi) is 16.3. The van der Waals surface area contributed by atoms with Crippen molar-refractivity contribution in [2.45, 2.75) is 138 Å². The third kappa shape index (κ3) is 10.9. The third-order valence-corrected chi connectivity index (χ3v) is 18.1. The van der Waals surface area contributed by atoms with Gasteiger partial charge in [0.1, 0.15) is 0 Å². The average molecular weight is 929 g/mol. The first-order valence-corrected chi connectivity index (χ1v) is 28.0. The first kappa shape index (κ1) is 47.2. The van der Waals surface area contributed by atoms with Crippen LogP contribution < -0.4 is 0 Å². The summed E-state index contributed by atoms with van der Waals surface area (Å²) in [5.41, 5.74) is 16.8. The smallest absolute Gasteiger partial charge is 0.0356 e. The maximum absolute atomic E-state index is 2.53. The van der Waals surface area contributed by atoms with Crippen LogP contribution in [0.2, 0.25) is 0 Å². The van der Waals surface area contributed by atoms with Crippen LogP contribution in [0.25, 0.3) is 73.1 Å². The van der Waals surface area contributed by atoms with E-state index in [-0.39, 0.29) is 0 Å². The molecular formula is C61H68S4. The van der Waals surface area contributed by atoms with Crippen LogP contribution in [-0.4, -0.2) is 0 Å². The number of aryl methyl sites for hydroxylation is 5. The molecule has 0 amide bonds.